The van der Waals surface area contributed by atoms with Crippen molar-refractivity contribution in [3.8, 4) is 0 Å². The summed E-state index contributed by atoms with van der Waals surface area (Å²) in [4.78, 5) is 2.27. The van der Waals surface area contributed by atoms with E-state index in [0.717, 1.165) is 13.1 Å². The van der Waals surface area contributed by atoms with Gasteiger partial charge in [-0.15, -0.1) is 0 Å². The van der Waals surface area contributed by atoms with Gasteiger partial charge in [-0.25, -0.2) is 0 Å². The van der Waals surface area contributed by atoms with Crippen LogP contribution in [0.25, 0.3) is 0 Å². The zero-order valence-electron chi connectivity index (χ0n) is 10.3. The third-order valence-electron chi connectivity index (χ3n) is 1.77. The lowest BCUT2D eigenvalue weighted by Crippen LogP contribution is -2.43. The summed E-state index contributed by atoms with van der Waals surface area (Å²) in [6, 6.07) is 0. The van der Waals surface area contributed by atoms with Crippen molar-refractivity contribution in [3.63, 3.8) is 0 Å². The molecule has 0 N–H and O–H groups in total. The van der Waals surface area contributed by atoms with E-state index in [9.17, 15) is 0 Å². The number of rotatable bonds is 4. The highest BCUT2D eigenvalue weighted by molar-refractivity contribution is 4.76. The van der Waals surface area contributed by atoms with Gasteiger partial charge in [-0.2, -0.15) is 0 Å². The van der Waals surface area contributed by atoms with Crippen LogP contribution in [0.5, 0.6) is 0 Å². The lowest BCUT2D eigenvalue weighted by molar-refractivity contribution is -0.121. The minimum atomic E-state index is -0.0665. The summed E-state index contributed by atoms with van der Waals surface area (Å²) in [5, 5.41) is 0. The molecule has 0 bridgehead atoms. The van der Waals surface area contributed by atoms with Gasteiger partial charge < -0.3 is 9.64 Å². The molecular formula is C11H25NO. The largest absolute Gasteiger partial charge is 0.369 e. The lowest BCUT2D eigenvalue weighted by atomic mass is 10.1. The Bertz CT molecular complexity index is 147. The Kier molecular flexibility index (Phi) is 4.40. The summed E-state index contributed by atoms with van der Waals surface area (Å²) in [6.45, 7) is 14.8. The van der Waals surface area contributed by atoms with Gasteiger partial charge in [-0.05, 0) is 48.2 Å². The molecule has 0 fully saturated rings. The van der Waals surface area contributed by atoms with Crippen LogP contribution in [0.15, 0.2) is 0 Å². The minimum Gasteiger partial charge on any atom is -0.369 e. The van der Waals surface area contributed by atoms with Crippen molar-refractivity contribution < 1.29 is 4.74 Å². The molecular weight excluding hydrogens is 162 g/mol. The zero-order chi connectivity index (χ0) is 10.7. The second kappa shape index (κ2) is 4.43. The van der Waals surface area contributed by atoms with Crippen LogP contribution >= 0.6 is 0 Å². The third kappa shape index (κ3) is 7.03. The van der Waals surface area contributed by atoms with Crippen LogP contribution in [0.2, 0.25) is 0 Å². The van der Waals surface area contributed by atoms with Crippen molar-refractivity contribution in [3.05, 3.63) is 0 Å². The molecule has 0 amide bonds. The number of likely N-dealkylation sites (N-methyl/N-ethyl adjacent to an activating group) is 1. The van der Waals surface area contributed by atoms with Crippen molar-refractivity contribution in [2.24, 2.45) is 0 Å². The molecule has 0 saturated carbocycles. The molecule has 80 valence electrons. The first-order chi connectivity index (χ1) is 5.66. The maximum Gasteiger partial charge on any atom is 0.0759 e. The Morgan fingerprint density at radius 1 is 1.08 bits per heavy atom. The molecule has 0 aromatic carbocycles. The van der Waals surface area contributed by atoms with Crippen LogP contribution in [0.1, 0.15) is 41.5 Å². The summed E-state index contributed by atoms with van der Waals surface area (Å²) in [5.41, 5.74) is -0.124. The molecule has 2 nitrogen and oxygen atoms in total. The van der Waals surface area contributed by atoms with Crippen LogP contribution in [0.3, 0.4) is 0 Å². The molecule has 0 unspecified atom stereocenters. The van der Waals surface area contributed by atoms with Gasteiger partial charge in [-0.1, -0.05) is 6.92 Å². The molecule has 0 atom stereocenters. The number of hydrogen-bond acceptors (Lipinski definition) is 2. The number of hydrogen-bond donors (Lipinski definition) is 0. The average molecular weight is 187 g/mol. The topological polar surface area (TPSA) is 12.5 Å². The van der Waals surface area contributed by atoms with Gasteiger partial charge in [0.2, 0.25) is 0 Å². The molecule has 0 aromatic rings. The predicted molar refractivity (Wildman–Crippen MR) is 58.1 cm³/mol. The number of ether oxygens (including phenoxy) is 1. The molecule has 0 spiro atoms. The van der Waals surface area contributed by atoms with E-state index in [-0.39, 0.29) is 11.2 Å². The summed E-state index contributed by atoms with van der Waals surface area (Å²) < 4.78 is 5.96. The zero-order valence-corrected chi connectivity index (χ0v) is 10.3. The van der Waals surface area contributed by atoms with Crippen molar-refractivity contribution in [1.82, 2.24) is 4.90 Å². The Morgan fingerprint density at radius 2 is 1.54 bits per heavy atom. The van der Waals surface area contributed by atoms with Gasteiger partial charge in [0.05, 0.1) is 11.2 Å². The average Bonchev–Trinajstić information content (AvgIpc) is 1.80. The molecule has 0 aliphatic rings. The van der Waals surface area contributed by atoms with Crippen LogP contribution in [-0.4, -0.2) is 36.2 Å². The SMILES string of the molecule is CCN(C)CC(C)(C)OC(C)(C)C. The summed E-state index contributed by atoms with van der Waals surface area (Å²) >= 11 is 0. The normalized spacial score (nSPS) is 13.8. The van der Waals surface area contributed by atoms with Gasteiger partial charge in [0.25, 0.3) is 0 Å². The van der Waals surface area contributed by atoms with E-state index in [2.05, 4.69) is 53.5 Å². The van der Waals surface area contributed by atoms with Crippen molar-refractivity contribution in [2.75, 3.05) is 20.1 Å². The molecule has 0 saturated heterocycles. The van der Waals surface area contributed by atoms with Gasteiger partial charge >= 0.3 is 0 Å². The minimum absolute atomic E-state index is 0.0575. The van der Waals surface area contributed by atoms with E-state index in [4.69, 9.17) is 4.74 Å². The third-order valence-corrected chi connectivity index (χ3v) is 1.77. The van der Waals surface area contributed by atoms with Crippen LogP contribution in [0.4, 0.5) is 0 Å². The molecule has 13 heavy (non-hydrogen) atoms. The van der Waals surface area contributed by atoms with E-state index in [0.29, 0.717) is 0 Å². The molecule has 0 rings (SSSR count). The Balaban J connectivity index is 4.08. The fourth-order valence-electron chi connectivity index (χ4n) is 1.62. The van der Waals surface area contributed by atoms with E-state index < -0.39 is 0 Å². The second-order valence-corrected chi connectivity index (χ2v) is 5.30. The van der Waals surface area contributed by atoms with Gasteiger partial charge in [0, 0.05) is 6.54 Å². The fraction of sp³-hybridized carbons (Fsp3) is 1.00. The van der Waals surface area contributed by atoms with Gasteiger partial charge in [0.15, 0.2) is 0 Å². The summed E-state index contributed by atoms with van der Waals surface area (Å²) in [7, 11) is 2.12. The highest BCUT2D eigenvalue weighted by Gasteiger charge is 2.26. The molecule has 0 heterocycles. The first kappa shape index (κ1) is 12.9. The van der Waals surface area contributed by atoms with E-state index in [1.165, 1.54) is 0 Å². The quantitative estimate of drug-likeness (QED) is 0.670. The lowest BCUT2D eigenvalue weighted by Gasteiger charge is -2.36. The van der Waals surface area contributed by atoms with Crippen LogP contribution in [0, 0.1) is 0 Å². The Hall–Kier alpha value is -0.0800. The fourth-order valence-corrected chi connectivity index (χ4v) is 1.62. The van der Waals surface area contributed by atoms with E-state index >= 15 is 0 Å². The van der Waals surface area contributed by atoms with Crippen molar-refractivity contribution >= 4 is 0 Å². The predicted octanol–water partition coefficient (Wildman–Crippen LogP) is 2.53. The molecule has 0 aliphatic heterocycles. The maximum atomic E-state index is 5.96. The van der Waals surface area contributed by atoms with E-state index in [1.807, 2.05) is 0 Å². The highest BCUT2D eigenvalue weighted by atomic mass is 16.5. The summed E-state index contributed by atoms with van der Waals surface area (Å²) in [6.07, 6.45) is 0. The maximum absolute atomic E-state index is 5.96. The second-order valence-electron chi connectivity index (χ2n) is 5.30. The summed E-state index contributed by atoms with van der Waals surface area (Å²) in [5.74, 6) is 0. The molecule has 0 radical (unpaired) electrons. The molecule has 2 heteroatoms. The standard InChI is InChI=1S/C11H25NO/c1-8-12(7)9-11(5,6)13-10(2,3)4/h8-9H2,1-7H3. The van der Waals surface area contributed by atoms with Crippen molar-refractivity contribution in [2.45, 2.75) is 52.7 Å². The van der Waals surface area contributed by atoms with Crippen molar-refractivity contribution in [1.29, 1.82) is 0 Å². The number of nitrogens with zero attached hydrogens (tertiary/aromatic N) is 1. The first-order valence-corrected chi connectivity index (χ1v) is 5.05. The van der Waals surface area contributed by atoms with Gasteiger partial charge in [0.1, 0.15) is 0 Å². The smallest absolute Gasteiger partial charge is 0.0759 e. The van der Waals surface area contributed by atoms with Crippen LogP contribution in [-0.2, 0) is 4.74 Å². The first-order valence-electron chi connectivity index (χ1n) is 5.05. The highest BCUT2D eigenvalue weighted by Crippen LogP contribution is 2.20. The Morgan fingerprint density at radius 3 is 1.85 bits per heavy atom. The Labute approximate surface area is 83.3 Å². The molecule has 0 aromatic heterocycles. The van der Waals surface area contributed by atoms with E-state index in [1.54, 1.807) is 0 Å². The van der Waals surface area contributed by atoms with Gasteiger partial charge in [-0.3, -0.25) is 0 Å². The van der Waals surface area contributed by atoms with Crippen LogP contribution < -0.4 is 0 Å². The monoisotopic (exact) mass is 187 g/mol. The molecule has 0 aliphatic carbocycles.